The van der Waals surface area contributed by atoms with Gasteiger partial charge in [-0.3, -0.25) is 0 Å². The van der Waals surface area contributed by atoms with Crippen molar-refractivity contribution in [1.29, 1.82) is 0 Å². The molecule has 2 aliphatic heterocycles. The van der Waals surface area contributed by atoms with E-state index in [1.807, 2.05) is 0 Å². The van der Waals surface area contributed by atoms with E-state index in [1.54, 1.807) is 0 Å². The minimum Gasteiger partial charge on any atom is -1.00 e. The largest absolute Gasteiger partial charge is 2.00 e. The minimum atomic E-state index is 0. The molecule has 2 heterocycles. The van der Waals surface area contributed by atoms with Crippen molar-refractivity contribution in [3.05, 3.63) is 10.6 Å². The first kappa shape index (κ1) is 38.4. The fourth-order valence-corrected chi connectivity index (χ4v) is 3.77. The molecule has 0 aromatic rings. The zero-order valence-electron chi connectivity index (χ0n) is 18.6. The van der Waals surface area contributed by atoms with E-state index in [4.69, 9.17) is 10.6 Å². The van der Waals surface area contributed by atoms with E-state index in [-0.39, 0.29) is 117 Å². The Balaban J connectivity index is -0.0000000889. The Labute approximate surface area is 219 Å². The molecular weight excluding hydrogens is 442 g/mol. The van der Waals surface area contributed by atoms with Crippen LogP contribution in [0, 0.1) is 0 Å². The van der Waals surface area contributed by atoms with Crippen molar-refractivity contribution in [2.24, 2.45) is 0 Å². The second kappa shape index (κ2) is 14.8. The molecule has 2 nitrogen and oxygen atoms in total. The number of hydrogen-bond donors (Lipinski definition) is 0. The van der Waals surface area contributed by atoms with Gasteiger partial charge < -0.3 is 44.6 Å². The second-order valence-corrected chi connectivity index (χ2v) is 9.18. The van der Waals surface area contributed by atoms with Crippen molar-refractivity contribution in [3.63, 3.8) is 0 Å². The molecule has 0 amide bonds. The van der Waals surface area contributed by atoms with E-state index in [1.165, 1.54) is 38.5 Å². The van der Waals surface area contributed by atoms with Crippen LogP contribution in [0.3, 0.4) is 0 Å². The Morgan fingerprint density at radius 2 is 0.640 bits per heavy atom. The van der Waals surface area contributed by atoms with Crippen LogP contribution in [0.2, 0.25) is 0 Å². The number of nitrogens with zero attached hydrogens (tertiary/aromatic N) is 2. The van der Waals surface area contributed by atoms with Crippen molar-refractivity contribution in [2.75, 3.05) is 0 Å². The van der Waals surface area contributed by atoms with Gasteiger partial charge >= 0.3 is 60.8 Å². The van der Waals surface area contributed by atoms with E-state index in [9.17, 15) is 0 Å². The summed E-state index contributed by atoms with van der Waals surface area (Å²) >= 11 is 0. The van der Waals surface area contributed by atoms with Crippen molar-refractivity contribution < 1.29 is 71.7 Å². The quantitative estimate of drug-likeness (QED) is 0.310. The van der Waals surface area contributed by atoms with E-state index in [2.05, 4.69) is 55.4 Å². The van der Waals surface area contributed by atoms with Gasteiger partial charge in [0.2, 0.25) is 0 Å². The summed E-state index contributed by atoms with van der Waals surface area (Å²) in [5.74, 6) is 0. The van der Waals surface area contributed by atoms with Crippen LogP contribution in [-0.4, -0.2) is 45.2 Å². The van der Waals surface area contributed by atoms with Gasteiger partial charge in [0.25, 0.3) is 0 Å². The summed E-state index contributed by atoms with van der Waals surface area (Å²) < 4.78 is 0. The van der Waals surface area contributed by atoms with E-state index >= 15 is 0 Å². The van der Waals surface area contributed by atoms with Crippen molar-refractivity contribution >= 4 is 23.1 Å². The molecule has 0 aromatic carbocycles. The van der Waals surface area contributed by atoms with Crippen LogP contribution >= 0.6 is 0 Å². The van der Waals surface area contributed by atoms with E-state index < -0.39 is 0 Å². The number of rotatable bonds is 0. The van der Waals surface area contributed by atoms with Gasteiger partial charge in [0.05, 0.1) is 0 Å². The van der Waals surface area contributed by atoms with Crippen LogP contribution in [0.4, 0.5) is 0 Å². The monoisotopic (exact) mass is 476 g/mol. The molecule has 2 rings (SSSR count). The molecule has 0 atom stereocenters. The zero-order valence-corrected chi connectivity index (χ0v) is 23.2. The Morgan fingerprint density at radius 1 is 0.480 bits per heavy atom. The molecule has 0 aromatic heterocycles. The molecule has 0 N–H and O–H groups in total. The van der Waals surface area contributed by atoms with Crippen molar-refractivity contribution in [2.45, 2.75) is 116 Å². The molecule has 2 saturated heterocycles. The topological polar surface area (TPSA) is 28.2 Å². The fourth-order valence-electron chi connectivity index (χ4n) is 3.77. The predicted octanol–water partition coefficient (Wildman–Crippen LogP) is -6.16. The van der Waals surface area contributed by atoms with Gasteiger partial charge in [-0.05, 0) is 0 Å². The molecule has 2 fully saturated rings. The summed E-state index contributed by atoms with van der Waals surface area (Å²) in [4.78, 5) is 0. The normalized spacial score (nSPS) is 24.0. The van der Waals surface area contributed by atoms with Crippen molar-refractivity contribution in [1.82, 2.24) is 0 Å². The van der Waals surface area contributed by atoms with E-state index in [0.29, 0.717) is 0 Å². The van der Waals surface area contributed by atoms with Gasteiger partial charge in [0.1, 0.15) is 0 Å². The number of hydrogen-bond acceptors (Lipinski definition) is 0. The Morgan fingerprint density at radius 3 is 0.720 bits per heavy atom. The van der Waals surface area contributed by atoms with Crippen LogP contribution in [0.5, 0.6) is 0 Å². The van der Waals surface area contributed by atoms with Crippen molar-refractivity contribution in [3.8, 4) is 0 Å². The summed E-state index contributed by atoms with van der Waals surface area (Å²) in [6, 6.07) is 0. The van der Waals surface area contributed by atoms with Crippen LogP contribution < -0.4 is 71.7 Å². The van der Waals surface area contributed by atoms with Gasteiger partial charge in [0.15, 0.2) is 0 Å². The Hall–Kier alpha value is 2.84. The molecule has 136 valence electrons. The SMILES string of the molecule is CC1(C)CCCC(C)(C)[N-]1.CC1(C)CCCC(C)(C)[N-]1.[Br-].[Br-].[Li+].[Li+].[Mg+2]. The zero-order chi connectivity index (χ0) is 15.7. The van der Waals surface area contributed by atoms with Gasteiger partial charge in [-0.25, -0.2) is 0 Å². The van der Waals surface area contributed by atoms with Crippen LogP contribution in [-0.2, 0) is 0 Å². The third-order valence-corrected chi connectivity index (χ3v) is 4.36. The molecular formula is C18H36Br2Li2MgN2. The third kappa shape index (κ3) is 17.4. The van der Waals surface area contributed by atoms with Gasteiger partial charge in [-0.15, -0.1) is 22.2 Å². The molecule has 0 aliphatic carbocycles. The standard InChI is InChI=1S/2C9H18N.2BrH.2Li.Mg/c2*1-8(2)6-5-7-9(3,4)10-8;;;;;/h2*5-7H2,1-4H3;2*1H;;;/q2*-1;;;2*+1;+2/p-2. The molecule has 0 bridgehead atoms. The van der Waals surface area contributed by atoms with Crippen LogP contribution in [0.25, 0.3) is 10.6 Å². The molecule has 2 aliphatic rings. The average Bonchev–Trinajstić information content (AvgIpc) is 2.09. The number of halogens is 2. The fraction of sp³-hybridized carbons (Fsp3) is 1.00. The molecule has 0 saturated carbocycles. The minimum absolute atomic E-state index is 0. The van der Waals surface area contributed by atoms with Crippen LogP contribution in [0.15, 0.2) is 0 Å². The van der Waals surface area contributed by atoms with Crippen LogP contribution in [0.1, 0.15) is 93.9 Å². The first-order chi connectivity index (χ1) is 8.83. The molecule has 0 unspecified atom stereocenters. The summed E-state index contributed by atoms with van der Waals surface area (Å²) in [6.45, 7) is 17.8. The maximum absolute atomic E-state index is 4.75. The van der Waals surface area contributed by atoms with Gasteiger partial charge in [-0.2, -0.15) is 0 Å². The second-order valence-electron chi connectivity index (χ2n) is 9.18. The summed E-state index contributed by atoms with van der Waals surface area (Å²) in [6.07, 6.45) is 7.72. The third-order valence-electron chi connectivity index (χ3n) is 4.36. The Kier molecular flexibility index (Phi) is 22.7. The predicted molar refractivity (Wildman–Crippen MR) is 96.5 cm³/mol. The molecule has 0 radical (unpaired) electrons. The van der Waals surface area contributed by atoms with Gasteiger partial charge in [0, 0.05) is 0 Å². The first-order valence-corrected chi connectivity index (χ1v) is 8.31. The summed E-state index contributed by atoms with van der Waals surface area (Å²) in [5.41, 5.74) is 0.951. The maximum atomic E-state index is 4.75. The molecule has 0 spiro atoms. The summed E-state index contributed by atoms with van der Waals surface area (Å²) in [5, 5.41) is 9.49. The molecule has 25 heavy (non-hydrogen) atoms. The average molecular weight is 478 g/mol. The summed E-state index contributed by atoms with van der Waals surface area (Å²) in [7, 11) is 0. The number of piperidine rings is 2. The van der Waals surface area contributed by atoms with Gasteiger partial charge in [-0.1, -0.05) is 93.9 Å². The van der Waals surface area contributed by atoms with E-state index in [0.717, 1.165) is 0 Å². The molecule has 7 heteroatoms. The maximum Gasteiger partial charge on any atom is 2.00 e. The smallest absolute Gasteiger partial charge is 1.00 e. The Bertz CT molecular complexity index is 279. The first-order valence-electron chi connectivity index (χ1n) is 8.31.